The van der Waals surface area contributed by atoms with Gasteiger partial charge in [0.15, 0.2) is 0 Å². The van der Waals surface area contributed by atoms with Gasteiger partial charge in [-0.1, -0.05) is 0 Å². The molecule has 0 aromatic carbocycles. The zero-order valence-electron chi connectivity index (χ0n) is 4.20. The summed E-state index contributed by atoms with van der Waals surface area (Å²) in [6.07, 6.45) is 0.355. The van der Waals surface area contributed by atoms with E-state index in [0.29, 0.717) is 6.42 Å². The highest BCUT2D eigenvalue weighted by Gasteiger charge is 1.82. The zero-order chi connectivity index (χ0) is 6.41. The van der Waals surface area contributed by atoms with Gasteiger partial charge < -0.3 is 13.8 Å². The Kier molecular flexibility index (Phi) is 5.19. The zero-order valence-corrected chi connectivity index (χ0v) is 5.02. The van der Waals surface area contributed by atoms with E-state index in [4.69, 9.17) is 5.11 Å². The molecule has 0 aliphatic carbocycles. The Morgan fingerprint density at radius 2 is 2.38 bits per heavy atom. The second kappa shape index (κ2) is 5.17. The fraction of sp³-hybridized carbons (Fsp3) is 1.00. The quantitative estimate of drug-likeness (QED) is 0.408. The molecule has 0 heterocycles. The van der Waals surface area contributed by atoms with E-state index in [1.807, 2.05) is 0 Å². The Labute approximate surface area is 50.0 Å². The van der Waals surface area contributed by atoms with Crippen LogP contribution in [0, 0.1) is 0 Å². The highest BCUT2D eigenvalue weighted by atomic mass is 32.2. The topological polar surface area (TPSA) is 69.6 Å². The molecule has 0 rings (SSSR count). The van der Waals surface area contributed by atoms with Gasteiger partial charge in [0.05, 0.1) is 18.0 Å². The maximum absolute atomic E-state index is 9.57. The summed E-state index contributed by atoms with van der Waals surface area (Å²) in [6.45, 7) is 0.0177. The van der Waals surface area contributed by atoms with Crippen LogP contribution in [0.15, 0.2) is 0 Å². The van der Waals surface area contributed by atoms with Crippen LogP contribution in [0.4, 0.5) is 0 Å². The van der Waals surface area contributed by atoms with Gasteiger partial charge in [-0.25, -0.2) is 4.21 Å². The number of aliphatic hydroxyl groups is 1. The molecule has 0 saturated heterocycles. The normalized spacial score (nSPS) is 13.8. The van der Waals surface area contributed by atoms with Gasteiger partial charge in [0.25, 0.3) is 0 Å². The van der Waals surface area contributed by atoms with E-state index in [9.17, 15) is 8.76 Å². The molecule has 0 bridgehead atoms. The van der Waals surface area contributed by atoms with E-state index in [1.165, 1.54) is 0 Å². The Hall–Kier alpha value is 0.0300. The van der Waals surface area contributed by atoms with Crippen molar-refractivity contribution in [2.75, 3.05) is 13.2 Å². The van der Waals surface area contributed by atoms with Crippen LogP contribution in [0.3, 0.4) is 0 Å². The minimum absolute atomic E-state index is 0.0444. The van der Waals surface area contributed by atoms with E-state index >= 15 is 0 Å². The van der Waals surface area contributed by atoms with Crippen molar-refractivity contribution in [1.82, 2.24) is 0 Å². The number of hydrogen-bond acceptors (Lipinski definition) is 4. The molecule has 0 spiro atoms. The second-order valence-corrected chi connectivity index (χ2v) is 1.75. The summed E-state index contributed by atoms with van der Waals surface area (Å²) in [7, 11) is 0. The first-order valence-electron chi connectivity index (χ1n) is 2.10. The average Bonchev–Trinajstić information content (AvgIpc) is 1.66. The fourth-order valence-corrected chi connectivity index (χ4v) is 0.445. The van der Waals surface area contributed by atoms with Crippen LogP contribution in [-0.2, 0) is 15.5 Å². The Bertz CT molecular complexity index is 73.7. The first kappa shape index (κ1) is 8.03. The average molecular weight is 139 g/mol. The molecule has 0 aromatic heterocycles. The van der Waals surface area contributed by atoms with E-state index in [0.717, 1.165) is 0 Å². The Morgan fingerprint density at radius 3 is 2.75 bits per heavy atom. The van der Waals surface area contributed by atoms with E-state index in [2.05, 4.69) is 4.18 Å². The van der Waals surface area contributed by atoms with Gasteiger partial charge >= 0.3 is 0 Å². The van der Waals surface area contributed by atoms with E-state index < -0.39 is 11.4 Å². The van der Waals surface area contributed by atoms with Crippen LogP contribution in [-0.4, -0.2) is 27.1 Å². The Morgan fingerprint density at radius 1 is 1.75 bits per heavy atom. The van der Waals surface area contributed by atoms with Crippen molar-refractivity contribution in [3.8, 4) is 0 Å². The lowest BCUT2D eigenvalue weighted by atomic mass is 10.5. The minimum Gasteiger partial charge on any atom is -0.750 e. The van der Waals surface area contributed by atoms with Gasteiger partial charge in [-0.15, -0.1) is 0 Å². The van der Waals surface area contributed by atoms with Crippen molar-refractivity contribution < 1.29 is 18.1 Å². The molecule has 0 saturated carbocycles. The van der Waals surface area contributed by atoms with Gasteiger partial charge in [-0.05, 0) is 6.42 Å². The van der Waals surface area contributed by atoms with Crippen molar-refractivity contribution in [3.63, 3.8) is 0 Å². The summed E-state index contributed by atoms with van der Waals surface area (Å²) in [5.41, 5.74) is 0. The van der Waals surface area contributed by atoms with Gasteiger partial charge in [0.1, 0.15) is 0 Å². The minimum atomic E-state index is -2.43. The maximum Gasteiger partial charge on any atom is 0.0842 e. The second-order valence-electron chi connectivity index (χ2n) is 1.10. The fourth-order valence-electron chi connectivity index (χ4n) is 0.192. The highest BCUT2D eigenvalue weighted by molar-refractivity contribution is 7.74. The molecule has 0 aromatic rings. The summed E-state index contributed by atoms with van der Waals surface area (Å²) < 4.78 is 23.2. The first-order valence-corrected chi connectivity index (χ1v) is 3.10. The molecule has 4 nitrogen and oxygen atoms in total. The number of rotatable bonds is 4. The molecule has 0 amide bonds. The van der Waals surface area contributed by atoms with Crippen LogP contribution in [0.25, 0.3) is 0 Å². The number of hydrogen-bond donors (Lipinski definition) is 1. The largest absolute Gasteiger partial charge is 0.750 e. The van der Waals surface area contributed by atoms with Crippen LogP contribution < -0.4 is 0 Å². The van der Waals surface area contributed by atoms with Crippen molar-refractivity contribution in [2.24, 2.45) is 0 Å². The molecule has 0 aliphatic heterocycles. The number of aliphatic hydroxyl groups excluding tert-OH is 1. The lowest BCUT2D eigenvalue weighted by Crippen LogP contribution is -1.99. The predicted octanol–water partition coefficient (Wildman–Crippen LogP) is -0.821. The lowest BCUT2D eigenvalue weighted by Gasteiger charge is -2.02. The van der Waals surface area contributed by atoms with Gasteiger partial charge in [0.2, 0.25) is 0 Å². The molecule has 1 unspecified atom stereocenters. The van der Waals surface area contributed by atoms with Crippen molar-refractivity contribution in [1.29, 1.82) is 0 Å². The van der Waals surface area contributed by atoms with Crippen molar-refractivity contribution in [3.05, 3.63) is 0 Å². The van der Waals surface area contributed by atoms with Crippen LogP contribution in [0.5, 0.6) is 0 Å². The molecule has 50 valence electrons. The van der Waals surface area contributed by atoms with Crippen LogP contribution >= 0.6 is 0 Å². The summed E-state index contributed by atoms with van der Waals surface area (Å²) in [5, 5.41) is 8.10. The SMILES string of the molecule is O=S([O-])OCCCO. The smallest absolute Gasteiger partial charge is 0.0842 e. The highest BCUT2D eigenvalue weighted by Crippen LogP contribution is 1.81. The third-order valence-electron chi connectivity index (χ3n) is 0.482. The molecule has 0 fully saturated rings. The first-order chi connectivity index (χ1) is 3.77. The van der Waals surface area contributed by atoms with Gasteiger partial charge in [0, 0.05) is 6.61 Å². The summed E-state index contributed by atoms with van der Waals surface area (Å²) >= 11 is -2.43. The standard InChI is InChI=1S/C3H8O4S/c4-2-1-3-7-8(5)6/h4H,1-3H2,(H,5,6)/p-1. The molecule has 1 N–H and O–H groups in total. The Balaban J connectivity index is 2.82. The molecule has 8 heavy (non-hydrogen) atoms. The molecular weight excluding hydrogens is 132 g/mol. The summed E-state index contributed by atoms with van der Waals surface area (Å²) in [4.78, 5) is 0. The molecule has 0 aliphatic rings. The maximum atomic E-state index is 9.57. The summed E-state index contributed by atoms with van der Waals surface area (Å²) in [5.74, 6) is 0. The van der Waals surface area contributed by atoms with Crippen molar-refractivity contribution >= 4 is 11.4 Å². The third kappa shape index (κ3) is 6.03. The van der Waals surface area contributed by atoms with Gasteiger partial charge in [-0.3, -0.25) is 0 Å². The molecule has 5 heteroatoms. The molecular formula is C3H7O4S-. The predicted molar refractivity (Wildman–Crippen MR) is 26.6 cm³/mol. The molecule has 1 atom stereocenters. The van der Waals surface area contributed by atoms with Gasteiger partial charge in [-0.2, -0.15) is 0 Å². The monoisotopic (exact) mass is 139 g/mol. The van der Waals surface area contributed by atoms with Crippen molar-refractivity contribution in [2.45, 2.75) is 6.42 Å². The molecule has 0 radical (unpaired) electrons. The summed E-state index contributed by atoms with van der Waals surface area (Å²) in [6, 6.07) is 0. The third-order valence-corrected chi connectivity index (χ3v) is 0.841. The van der Waals surface area contributed by atoms with Crippen LogP contribution in [0.1, 0.15) is 6.42 Å². The van der Waals surface area contributed by atoms with E-state index in [1.54, 1.807) is 0 Å². The lowest BCUT2D eigenvalue weighted by molar-refractivity contribution is 0.232. The van der Waals surface area contributed by atoms with Crippen LogP contribution in [0.2, 0.25) is 0 Å². The van der Waals surface area contributed by atoms with E-state index in [-0.39, 0.29) is 13.2 Å².